The smallest absolute Gasteiger partial charge is 0.314 e. The molecular weight excluding hydrogens is 288 g/mol. The number of carbonyl (C=O) groups is 2. The van der Waals surface area contributed by atoms with E-state index in [1.807, 2.05) is 6.92 Å². The number of hydrogen-bond donors (Lipinski definition) is 1. The minimum atomic E-state index is -0.811. The average molecular weight is 316 g/mol. The van der Waals surface area contributed by atoms with E-state index in [-0.39, 0.29) is 25.5 Å². The molecule has 1 aliphatic carbocycles. The molecule has 1 aliphatic rings. The SMILES string of the molecule is CCOC(=O)C(C)(CC)COCOC1CCCCC1C(=O)O. The molecule has 0 amide bonds. The van der Waals surface area contributed by atoms with Crippen LogP contribution in [-0.4, -0.2) is 43.2 Å². The van der Waals surface area contributed by atoms with Crippen molar-refractivity contribution in [3.05, 3.63) is 0 Å². The molecule has 0 bridgehead atoms. The van der Waals surface area contributed by atoms with Crippen molar-refractivity contribution in [1.29, 1.82) is 0 Å². The van der Waals surface area contributed by atoms with E-state index < -0.39 is 17.3 Å². The molecule has 1 rings (SSSR count). The minimum absolute atomic E-state index is 0.00341. The normalized spacial score (nSPS) is 24.5. The highest BCUT2D eigenvalue weighted by Gasteiger charge is 2.34. The van der Waals surface area contributed by atoms with Gasteiger partial charge in [0.1, 0.15) is 6.79 Å². The number of esters is 1. The molecule has 6 nitrogen and oxygen atoms in total. The van der Waals surface area contributed by atoms with Crippen molar-refractivity contribution in [2.24, 2.45) is 11.3 Å². The van der Waals surface area contributed by atoms with Crippen LogP contribution in [0.2, 0.25) is 0 Å². The molecule has 0 aromatic rings. The Kier molecular flexibility index (Phi) is 7.82. The summed E-state index contributed by atoms with van der Waals surface area (Å²) in [5.41, 5.74) is -0.696. The first-order chi connectivity index (χ1) is 10.4. The first-order valence-electron chi connectivity index (χ1n) is 8.04. The largest absolute Gasteiger partial charge is 0.481 e. The lowest BCUT2D eigenvalue weighted by Gasteiger charge is -2.29. The van der Waals surface area contributed by atoms with Gasteiger partial charge < -0.3 is 19.3 Å². The first kappa shape index (κ1) is 18.9. The van der Waals surface area contributed by atoms with Crippen molar-refractivity contribution in [3.8, 4) is 0 Å². The minimum Gasteiger partial charge on any atom is -0.481 e. The molecule has 3 unspecified atom stereocenters. The van der Waals surface area contributed by atoms with Crippen molar-refractivity contribution in [2.75, 3.05) is 20.0 Å². The van der Waals surface area contributed by atoms with Crippen LogP contribution in [0.15, 0.2) is 0 Å². The standard InChI is InChI=1S/C16H28O6/c1-4-16(3,15(19)21-5-2)10-20-11-22-13-9-7-6-8-12(13)14(17)18/h12-13H,4-11H2,1-3H3,(H,17,18). The van der Waals surface area contributed by atoms with Gasteiger partial charge in [0.25, 0.3) is 0 Å². The van der Waals surface area contributed by atoms with Crippen LogP contribution in [0, 0.1) is 11.3 Å². The van der Waals surface area contributed by atoms with Gasteiger partial charge >= 0.3 is 11.9 Å². The Morgan fingerprint density at radius 1 is 1.23 bits per heavy atom. The van der Waals surface area contributed by atoms with Crippen LogP contribution >= 0.6 is 0 Å². The Labute approximate surface area is 132 Å². The zero-order valence-corrected chi connectivity index (χ0v) is 13.8. The second-order valence-electron chi connectivity index (χ2n) is 6.04. The summed E-state index contributed by atoms with van der Waals surface area (Å²) in [5, 5.41) is 9.18. The van der Waals surface area contributed by atoms with Crippen LogP contribution in [0.1, 0.15) is 52.9 Å². The van der Waals surface area contributed by atoms with Crippen LogP contribution in [0.4, 0.5) is 0 Å². The fraction of sp³-hybridized carbons (Fsp3) is 0.875. The molecule has 1 saturated carbocycles. The van der Waals surface area contributed by atoms with Gasteiger partial charge in [0, 0.05) is 0 Å². The fourth-order valence-electron chi connectivity index (χ4n) is 2.59. The van der Waals surface area contributed by atoms with E-state index in [4.69, 9.17) is 14.2 Å². The summed E-state index contributed by atoms with van der Waals surface area (Å²) in [6.07, 6.45) is 3.59. The van der Waals surface area contributed by atoms with E-state index in [9.17, 15) is 14.7 Å². The summed E-state index contributed by atoms with van der Waals surface area (Å²) in [5.74, 6) is -1.55. The maximum atomic E-state index is 11.9. The third kappa shape index (κ3) is 5.25. The highest BCUT2D eigenvalue weighted by atomic mass is 16.7. The summed E-state index contributed by atoms with van der Waals surface area (Å²) >= 11 is 0. The number of aliphatic carboxylic acids is 1. The maximum absolute atomic E-state index is 11.9. The highest BCUT2D eigenvalue weighted by Crippen LogP contribution is 2.28. The van der Waals surface area contributed by atoms with Crippen molar-refractivity contribution in [2.45, 2.75) is 59.0 Å². The van der Waals surface area contributed by atoms with E-state index in [2.05, 4.69) is 0 Å². The maximum Gasteiger partial charge on any atom is 0.314 e. The lowest BCUT2D eigenvalue weighted by Crippen LogP contribution is -2.36. The molecule has 1 N–H and O–H groups in total. The summed E-state index contributed by atoms with van der Waals surface area (Å²) in [6.45, 7) is 6.02. The number of ether oxygens (including phenoxy) is 3. The van der Waals surface area contributed by atoms with E-state index in [0.717, 1.165) is 19.3 Å². The zero-order chi connectivity index (χ0) is 16.6. The Morgan fingerprint density at radius 2 is 1.91 bits per heavy atom. The van der Waals surface area contributed by atoms with Gasteiger partial charge in [-0.3, -0.25) is 9.59 Å². The van der Waals surface area contributed by atoms with Crippen LogP contribution in [0.3, 0.4) is 0 Å². The zero-order valence-electron chi connectivity index (χ0n) is 13.8. The molecule has 0 aromatic carbocycles. The fourth-order valence-corrected chi connectivity index (χ4v) is 2.59. The molecule has 0 aromatic heterocycles. The van der Waals surface area contributed by atoms with Gasteiger partial charge in [-0.05, 0) is 33.1 Å². The predicted molar refractivity (Wildman–Crippen MR) is 80.3 cm³/mol. The van der Waals surface area contributed by atoms with Crippen molar-refractivity contribution < 1.29 is 28.9 Å². The number of hydrogen-bond acceptors (Lipinski definition) is 5. The van der Waals surface area contributed by atoms with Gasteiger partial charge in [-0.1, -0.05) is 19.8 Å². The number of carboxylic acid groups (broad SMARTS) is 1. The predicted octanol–water partition coefficient (Wildman–Crippen LogP) is 2.60. The molecule has 1 fully saturated rings. The van der Waals surface area contributed by atoms with E-state index in [0.29, 0.717) is 19.4 Å². The molecule has 0 radical (unpaired) electrons. The molecule has 0 heterocycles. The molecule has 22 heavy (non-hydrogen) atoms. The van der Waals surface area contributed by atoms with Crippen molar-refractivity contribution in [3.63, 3.8) is 0 Å². The molecular formula is C16H28O6. The summed E-state index contributed by atoms with van der Waals surface area (Å²) in [7, 11) is 0. The number of rotatable bonds is 9. The Balaban J connectivity index is 2.39. The van der Waals surface area contributed by atoms with E-state index in [1.54, 1.807) is 13.8 Å². The van der Waals surface area contributed by atoms with Crippen LogP contribution in [-0.2, 0) is 23.8 Å². The molecule has 0 saturated heterocycles. The lowest BCUT2D eigenvalue weighted by molar-refractivity contribution is -0.170. The van der Waals surface area contributed by atoms with E-state index in [1.165, 1.54) is 0 Å². The molecule has 128 valence electrons. The Bertz CT molecular complexity index is 370. The van der Waals surface area contributed by atoms with Crippen molar-refractivity contribution in [1.82, 2.24) is 0 Å². The van der Waals surface area contributed by atoms with Gasteiger partial charge in [-0.25, -0.2) is 0 Å². The van der Waals surface area contributed by atoms with Gasteiger partial charge in [0.2, 0.25) is 0 Å². The third-order valence-corrected chi connectivity index (χ3v) is 4.35. The Hall–Kier alpha value is -1.14. The van der Waals surface area contributed by atoms with Gasteiger partial charge in [-0.15, -0.1) is 0 Å². The molecule has 3 atom stereocenters. The van der Waals surface area contributed by atoms with Gasteiger partial charge in [0.05, 0.1) is 30.7 Å². The lowest BCUT2D eigenvalue weighted by atomic mass is 9.86. The third-order valence-electron chi connectivity index (χ3n) is 4.35. The molecule has 6 heteroatoms. The molecule has 0 spiro atoms. The first-order valence-corrected chi connectivity index (χ1v) is 8.04. The second kappa shape index (κ2) is 9.10. The van der Waals surface area contributed by atoms with Gasteiger partial charge in [-0.2, -0.15) is 0 Å². The number of carbonyl (C=O) groups excluding carboxylic acids is 1. The average Bonchev–Trinajstić information content (AvgIpc) is 2.51. The van der Waals surface area contributed by atoms with E-state index >= 15 is 0 Å². The summed E-state index contributed by atoms with van der Waals surface area (Å²) in [6, 6.07) is 0. The summed E-state index contributed by atoms with van der Waals surface area (Å²) < 4.78 is 16.1. The monoisotopic (exact) mass is 316 g/mol. The van der Waals surface area contributed by atoms with Crippen LogP contribution in [0.5, 0.6) is 0 Å². The van der Waals surface area contributed by atoms with Crippen LogP contribution < -0.4 is 0 Å². The highest BCUT2D eigenvalue weighted by molar-refractivity contribution is 5.76. The van der Waals surface area contributed by atoms with Gasteiger partial charge in [0.15, 0.2) is 0 Å². The quantitative estimate of drug-likeness (QED) is 0.400. The number of carboxylic acids is 1. The second-order valence-corrected chi connectivity index (χ2v) is 6.04. The van der Waals surface area contributed by atoms with Crippen LogP contribution in [0.25, 0.3) is 0 Å². The van der Waals surface area contributed by atoms with Crippen molar-refractivity contribution >= 4 is 11.9 Å². The Morgan fingerprint density at radius 3 is 2.50 bits per heavy atom. The summed E-state index contributed by atoms with van der Waals surface area (Å²) in [4.78, 5) is 23.1. The topological polar surface area (TPSA) is 82.1 Å². The molecule has 0 aliphatic heterocycles.